The summed E-state index contributed by atoms with van der Waals surface area (Å²) in [6.07, 6.45) is 4.31. The summed E-state index contributed by atoms with van der Waals surface area (Å²) in [6, 6.07) is 0. The summed E-state index contributed by atoms with van der Waals surface area (Å²) in [7, 11) is 2.06. The van der Waals surface area contributed by atoms with Gasteiger partial charge < -0.3 is 5.32 Å². The monoisotopic (exact) mass is 155 g/mol. The van der Waals surface area contributed by atoms with Crippen LogP contribution in [0.5, 0.6) is 0 Å². The molecule has 1 unspecified atom stereocenters. The lowest BCUT2D eigenvalue weighted by molar-refractivity contribution is 0.203. The second-order valence-corrected chi connectivity index (χ2v) is 4.21. The highest BCUT2D eigenvalue weighted by Crippen LogP contribution is 2.32. The Hall–Kier alpha value is -0.0400. The van der Waals surface area contributed by atoms with E-state index in [1.165, 1.54) is 25.8 Å². The molecule has 0 amide bonds. The molecule has 0 spiro atoms. The van der Waals surface area contributed by atoms with Gasteiger partial charge >= 0.3 is 0 Å². The zero-order valence-corrected chi connectivity index (χ0v) is 8.06. The maximum absolute atomic E-state index is 3.28. The first-order valence-electron chi connectivity index (χ1n) is 4.88. The molecule has 11 heavy (non-hydrogen) atoms. The van der Waals surface area contributed by atoms with Crippen molar-refractivity contribution in [3.8, 4) is 0 Å². The largest absolute Gasteiger partial charge is 0.319 e. The van der Waals surface area contributed by atoms with Crippen LogP contribution in [0.1, 0.15) is 33.1 Å². The number of hydrogen-bond donors (Lipinski definition) is 1. The molecule has 0 saturated heterocycles. The lowest BCUT2D eigenvalue weighted by atomic mass is 9.76. The van der Waals surface area contributed by atoms with Crippen LogP contribution >= 0.6 is 0 Å². The van der Waals surface area contributed by atoms with Crippen LogP contribution in [-0.4, -0.2) is 13.6 Å². The smallest absolute Gasteiger partial charge is 0.00210 e. The Balaban J connectivity index is 2.31. The summed E-state index contributed by atoms with van der Waals surface area (Å²) in [4.78, 5) is 0. The predicted octanol–water partition coefficient (Wildman–Crippen LogP) is 2.28. The quantitative estimate of drug-likeness (QED) is 0.645. The van der Waals surface area contributed by atoms with Crippen molar-refractivity contribution in [2.45, 2.75) is 33.1 Å². The van der Waals surface area contributed by atoms with Gasteiger partial charge in [-0.2, -0.15) is 0 Å². The Kier molecular flexibility index (Phi) is 3.38. The van der Waals surface area contributed by atoms with Crippen molar-refractivity contribution in [2.24, 2.45) is 17.8 Å². The highest BCUT2D eigenvalue weighted by Gasteiger charge is 2.24. The minimum absolute atomic E-state index is 0.936. The molecule has 1 rings (SSSR count). The fraction of sp³-hybridized carbons (Fsp3) is 1.00. The van der Waals surface area contributed by atoms with Gasteiger partial charge in [0.25, 0.3) is 0 Å². The highest BCUT2D eigenvalue weighted by molar-refractivity contribution is 4.76. The Labute approximate surface area is 70.6 Å². The van der Waals surface area contributed by atoms with Crippen LogP contribution in [-0.2, 0) is 0 Å². The fourth-order valence-corrected chi connectivity index (χ4v) is 2.29. The lowest BCUT2D eigenvalue weighted by Crippen LogP contribution is -2.29. The summed E-state index contributed by atoms with van der Waals surface area (Å²) >= 11 is 0. The van der Waals surface area contributed by atoms with Crippen LogP contribution in [0.15, 0.2) is 0 Å². The van der Waals surface area contributed by atoms with E-state index in [9.17, 15) is 0 Å². The van der Waals surface area contributed by atoms with E-state index in [1.54, 1.807) is 0 Å². The summed E-state index contributed by atoms with van der Waals surface area (Å²) in [5.74, 6) is 2.85. The molecular formula is C10H21N. The molecule has 3 atom stereocenters. The molecule has 1 fully saturated rings. The Morgan fingerprint density at radius 2 is 2.00 bits per heavy atom. The Morgan fingerprint density at radius 3 is 2.55 bits per heavy atom. The zero-order chi connectivity index (χ0) is 8.27. The fourth-order valence-electron chi connectivity index (χ4n) is 2.29. The number of hydrogen-bond acceptors (Lipinski definition) is 1. The zero-order valence-electron chi connectivity index (χ0n) is 8.06. The molecule has 66 valence electrons. The number of rotatable bonds is 2. The molecule has 1 aliphatic rings. The summed E-state index contributed by atoms with van der Waals surface area (Å²) in [5, 5.41) is 3.28. The average molecular weight is 155 g/mol. The number of nitrogens with one attached hydrogen (secondary N) is 1. The minimum Gasteiger partial charge on any atom is -0.319 e. The van der Waals surface area contributed by atoms with Gasteiger partial charge in [-0.05, 0) is 44.2 Å². The van der Waals surface area contributed by atoms with Crippen molar-refractivity contribution in [3.05, 3.63) is 0 Å². The second kappa shape index (κ2) is 4.10. The van der Waals surface area contributed by atoms with Gasteiger partial charge in [0.2, 0.25) is 0 Å². The first-order chi connectivity index (χ1) is 5.24. The van der Waals surface area contributed by atoms with Gasteiger partial charge in [0.15, 0.2) is 0 Å². The summed E-state index contributed by atoms with van der Waals surface area (Å²) in [5.41, 5.74) is 0. The van der Waals surface area contributed by atoms with Gasteiger partial charge in [-0.15, -0.1) is 0 Å². The molecule has 1 saturated carbocycles. The maximum Gasteiger partial charge on any atom is -0.00210 e. The molecule has 1 N–H and O–H groups in total. The highest BCUT2D eigenvalue weighted by atomic mass is 14.8. The van der Waals surface area contributed by atoms with Crippen molar-refractivity contribution in [1.29, 1.82) is 0 Å². The molecule has 0 aliphatic heterocycles. The van der Waals surface area contributed by atoms with E-state index in [-0.39, 0.29) is 0 Å². The predicted molar refractivity (Wildman–Crippen MR) is 49.6 cm³/mol. The van der Waals surface area contributed by atoms with E-state index < -0.39 is 0 Å². The normalized spacial score (nSPS) is 39.0. The molecule has 0 heterocycles. The van der Waals surface area contributed by atoms with E-state index >= 15 is 0 Å². The van der Waals surface area contributed by atoms with E-state index in [0.29, 0.717) is 0 Å². The van der Waals surface area contributed by atoms with E-state index in [2.05, 4.69) is 26.2 Å². The lowest BCUT2D eigenvalue weighted by Gasteiger charge is -2.32. The van der Waals surface area contributed by atoms with Gasteiger partial charge in [-0.3, -0.25) is 0 Å². The SMILES string of the molecule is CNC[C@@H]1CC[C@@H](C)CC1C. The van der Waals surface area contributed by atoms with Crippen molar-refractivity contribution >= 4 is 0 Å². The summed E-state index contributed by atoms with van der Waals surface area (Å²) in [6.45, 7) is 6.00. The maximum atomic E-state index is 3.28. The van der Waals surface area contributed by atoms with Crippen molar-refractivity contribution < 1.29 is 0 Å². The van der Waals surface area contributed by atoms with Crippen LogP contribution < -0.4 is 5.32 Å². The van der Waals surface area contributed by atoms with E-state index in [1.807, 2.05) is 0 Å². The molecule has 1 nitrogen and oxygen atoms in total. The molecule has 0 aromatic rings. The average Bonchev–Trinajstić information content (AvgIpc) is 1.95. The first-order valence-corrected chi connectivity index (χ1v) is 4.88. The molecule has 0 aromatic heterocycles. The van der Waals surface area contributed by atoms with Crippen molar-refractivity contribution in [1.82, 2.24) is 5.32 Å². The topological polar surface area (TPSA) is 12.0 Å². The van der Waals surface area contributed by atoms with Crippen LogP contribution in [0.25, 0.3) is 0 Å². The molecular weight excluding hydrogens is 134 g/mol. The minimum atomic E-state index is 0.936. The standard InChI is InChI=1S/C10H21N/c1-8-4-5-10(7-11-3)9(2)6-8/h8-11H,4-7H2,1-3H3/t8-,9?,10+/m1/s1. The Bertz CT molecular complexity index is 111. The van der Waals surface area contributed by atoms with Crippen LogP contribution in [0.2, 0.25) is 0 Å². The van der Waals surface area contributed by atoms with Gasteiger partial charge in [0.05, 0.1) is 0 Å². The molecule has 1 aliphatic carbocycles. The third kappa shape index (κ3) is 2.48. The van der Waals surface area contributed by atoms with Gasteiger partial charge in [-0.1, -0.05) is 20.3 Å². The van der Waals surface area contributed by atoms with Gasteiger partial charge in [0.1, 0.15) is 0 Å². The second-order valence-electron chi connectivity index (χ2n) is 4.21. The van der Waals surface area contributed by atoms with Gasteiger partial charge in [-0.25, -0.2) is 0 Å². The van der Waals surface area contributed by atoms with E-state index in [4.69, 9.17) is 0 Å². The van der Waals surface area contributed by atoms with Crippen molar-refractivity contribution in [3.63, 3.8) is 0 Å². The van der Waals surface area contributed by atoms with Crippen LogP contribution in [0.4, 0.5) is 0 Å². The third-order valence-electron chi connectivity index (χ3n) is 3.08. The first kappa shape index (κ1) is 9.05. The third-order valence-corrected chi connectivity index (χ3v) is 3.08. The van der Waals surface area contributed by atoms with Crippen LogP contribution in [0.3, 0.4) is 0 Å². The molecule has 0 aromatic carbocycles. The molecule has 0 bridgehead atoms. The molecule has 0 radical (unpaired) electrons. The Morgan fingerprint density at radius 1 is 1.27 bits per heavy atom. The van der Waals surface area contributed by atoms with Crippen molar-refractivity contribution in [2.75, 3.05) is 13.6 Å². The summed E-state index contributed by atoms with van der Waals surface area (Å²) < 4.78 is 0. The van der Waals surface area contributed by atoms with Crippen LogP contribution in [0, 0.1) is 17.8 Å². The van der Waals surface area contributed by atoms with E-state index in [0.717, 1.165) is 17.8 Å². The molecule has 1 heteroatoms. The van der Waals surface area contributed by atoms with Gasteiger partial charge in [0, 0.05) is 0 Å².